The summed E-state index contributed by atoms with van der Waals surface area (Å²) in [6.07, 6.45) is 3.79. The van der Waals surface area contributed by atoms with Crippen LogP contribution in [-0.4, -0.2) is 22.4 Å². The number of rotatable bonds is 4. The number of nitrogens with zero attached hydrogens (tertiary/aromatic N) is 1. The Bertz CT molecular complexity index is 821. The topological polar surface area (TPSA) is 88.0 Å². The van der Waals surface area contributed by atoms with Crippen LogP contribution in [0.3, 0.4) is 0 Å². The van der Waals surface area contributed by atoms with Gasteiger partial charge in [0.2, 0.25) is 0 Å². The Morgan fingerprint density at radius 2 is 2.24 bits per heavy atom. The Morgan fingerprint density at radius 1 is 1.33 bits per heavy atom. The van der Waals surface area contributed by atoms with E-state index in [1.165, 1.54) is 6.20 Å². The van der Waals surface area contributed by atoms with Crippen molar-refractivity contribution in [2.24, 2.45) is 0 Å². The maximum absolute atomic E-state index is 11.8. The number of nitrogens with one attached hydrogen (secondary N) is 2. The van der Waals surface area contributed by atoms with Crippen molar-refractivity contribution in [3.05, 3.63) is 64.4 Å². The van der Waals surface area contributed by atoms with E-state index >= 15 is 0 Å². The van der Waals surface area contributed by atoms with Crippen LogP contribution in [0.25, 0.3) is 11.1 Å². The van der Waals surface area contributed by atoms with Gasteiger partial charge >= 0.3 is 5.76 Å². The van der Waals surface area contributed by atoms with Gasteiger partial charge in [0.15, 0.2) is 5.58 Å². The van der Waals surface area contributed by atoms with Gasteiger partial charge in [0.1, 0.15) is 0 Å². The molecule has 2 N–H and O–H groups in total. The zero-order chi connectivity index (χ0) is 14.7. The van der Waals surface area contributed by atoms with Crippen LogP contribution in [0.2, 0.25) is 0 Å². The molecule has 0 aliphatic heterocycles. The quantitative estimate of drug-likeness (QED) is 0.759. The number of carbonyl (C=O) groups excluding carboxylic acids is 1. The first-order valence-electron chi connectivity index (χ1n) is 6.52. The molecule has 0 aliphatic rings. The average molecular weight is 283 g/mol. The summed E-state index contributed by atoms with van der Waals surface area (Å²) in [7, 11) is 0. The Kier molecular flexibility index (Phi) is 3.51. The van der Waals surface area contributed by atoms with Gasteiger partial charge in [-0.25, -0.2) is 4.79 Å². The number of carbonyl (C=O) groups is 1. The van der Waals surface area contributed by atoms with Crippen LogP contribution in [0, 0.1) is 0 Å². The number of aromatic amines is 1. The molecule has 2 heterocycles. The average Bonchev–Trinajstić information content (AvgIpc) is 2.87. The van der Waals surface area contributed by atoms with Crippen molar-refractivity contribution in [3.63, 3.8) is 0 Å². The number of hydrogen-bond acceptors (Lipinski definition) is 4. The van der Waals surface area contributed by atoms with Gasteiger partial charge in [-0.2, -0.15) is 0 Å². The van der Waals surface area contributed by atoms with Crippen LogP contribution in [0.1, 0.15) is 15.9 Å². The number of benzene rings is 1. The number of oxazole rings is 1. The van der Waals surface area contributed by atoms with Crippen molar-refractivity contribution < 1.29 is 9.21 Å². The van der Waals surface area contributed by atoms with E-state index in [9.17, 15) is 9.59 Å². The fraction of sp³-hybridized carbons (Fsp3) is 0.133. The lowest BCUT2D eigenvalue weighted by atomic mass is 10.1. The van der Waals surface area contributed by atoms with E-state index < -0.39 is 5.76 Å². The minimum absolute atomic E-state index is 0.155. The van der Waals surface area contributed by atoms with E-state index in [4.69, 9.17) is 4.42 Å². The van der Waals surface area contributed by atoms with Crippen LogP contribution in [0.5, 0.6) is 0 Å². The molecular formula is C15H13N3O3. The molecule has 0 radical (unpaired) electrons. The number of amides is 1. The summed E-state index contributed by atoms with van der Waals surface area (Å²) in [5.74, 6) is -0.621. The lowest BCUT2D eigenvalue weighted by Crippen LogP contribution is -2.25. The second-order valence-electron chi connectivity index (χ2n) is 4.59. The summed E-state index contributed by atoms with van der Waals surface area (Å²) in [5, 5.41) is 2.82. The van der Waals surface area contributed by atoms with Crippen molar-refractivity contribution in [1.29, 1.82) is 0 Å². The first kappa shape index (κ1) is 13.1. The third kappa shape index (κ3) is 3.00. The minimum atomic E-state index is -0.466. The van der Waals surface area contributed by atoms with Gasteiger partial charge in [0.05, 0.1) is 11.1 Å². The summed E-state index contributed by atoms with van der Waals surface area (Å²) < 4.78 is 5.00. The molecule has 1 aromatic carbocycles. The zero-order valence-corrected chi connectivity index (χ0v) is 11.1. The Balaban J connectivity index is 1.61. The van der Waals surface area contributed by atoms with E-state index in [0.717, 1.165) is 5.56 Å². The van der Waals surface area contributed by atoms with Gasteiger partial charge in [-0.3, -0.25) is 14.8 Å². The summed E-state index contributed by atoms with van der Waals surface area (Å²) in [4.78, 5) is 29.4. The second kappa shape index (κ2) is 5.62. The largest absolute Gasteiger partial charge is 0.417 e. The van der Waals surface area contributed by atoms with Gasteiger partial charge in [0.25, 0.3) is 5.91 Å². The van der Waals surface area contributed by atoms with Crippen molar-refractivity contribution >= 4 is 17.0 Å². The Labute approximate surface area is 119 Å². The predicted molar refractivity (Wildman–Crippen MR) is 77.1 cm³/mol. The van der Waals surface area contributed by atoms with Crippen LogP contribution in [0.4, 0.5) is 0 Å². The monoisotopic (exact) mass is 283 g/mol. The molecule has 0 fully saturated rings. The van der Waals surface area contributed by atoms with E-state index in [0.29, 0.717) is 29.6 Å². The number of H-pyrrole nitrogens is 1. The van der Waals surface area contributed by atoms with E-state index in [2.05, 4.69) is 15.3 Å². The highest BCUT2D eigenvalue weighted by atomic mass is 16.4. The highest BCUT2D eigenvalue weighted by Crippen LogP contribution is 2.12. The standard InChI is InChI=1S/C15H13N3O3/c19-14(11-2-1-6-16-9-11)17-7-5-10-3-4-12-13(8-10)21-15(20)18-12/h1-4,6,8-9H,5,7H2,(H,17,19)(H,18,20). The van der Waals surface area contributed by atoms with Crippen LogP contribution in [-0.2, 0) is 6.42 Å². The van der Waals surface area contributed by atoms with Crippen LogP contribution >= 0.6 is 0 Å². The molecule has 3 rings (SSSR count). The lowest BCUT2D eigenvalue weighted by molar-refractivity contribution is 0.0954. The van der Waals surface area contributed by atoms with Crippen molar-refractivity contribution in [2.45, 2.75) is 6.42 Å². The highest BCUT2D eigenvalue weighted by molar-refractivity contribution is 5.93. The molecular weight excluding hydrogens is 270 g/mol. The normalized spacial score (nSPS) is 10.7. The lowest BCUT2D eigenvalue weighted by Gasteiger charge is -2.05. The minimum Gasteiger partial charge on any atom is -0.408 e. The van der Waals surface area contributed by atoms with Crippen molar-refractivity contribution in [1.82, 2.24) is 15.3 Å². The molecule has 0 saturated carbocycles. The fourth-order valence-corrected chi connectivity index (χ4v) is 2.06. The first-order valence-corrected chi connectivity index (χ1v) is 6.52. The second-order valence-corrected chi connectivity index (χ2v) is 4.59. The first-order chi connectivity index (χ1) is 10.2. The van der Waals surface area contributed by atoms with Gasteiger partial charge in [0, 0.05) is 18.9 Å². The van der Waals surface area contributed by atoms with Gasteiger partial charge in [-0.05, 0) is 36.2 Å². The highest BCUT2D eigenvalue weighted by Gasteiger charge is 2.05. The smallest absolute Gasteiger partial charge is 0.408 e. The molecule has 0 unspecified atom stereocenters. The Morgan fingerprint density at radius 3 is 3.05 bits per heavy atom. The van der Waals surface area contributed by atoms with Gasteiger partial charge in [-0.1, -0.05) is 6.07 Å². The molecule has 106 valence electrons. The number of pyridine rings is 1. The maximum Gasteiger partial charge on any atom is 0.417 e. The number of hydrogen-bond donors (Lipinski definition) is 2. The molecule has 0 atom stereocenters. The van der Waals surface area contributed by atoms with E-state index in [1.54, 1.807) is 30.5 Å². The number of aromatic nitrogens is 2. The van der Waals surface area contributed by atoms with E-state index in [-0.39, 0.29) is 5.91 Å². The van der Waals surface area contributed by atoms with Crippen LogP contribution < -0.4 is 11.1 Å². The molecule has 0 saturated heterocycles. The SMILES string of the molecule is O=C(NCCc1ccc2[nH]c(=O)oc2c1)c1cccnc1. The molecule has 3 aromatic rings. The van der Waals surface area contributed by atoms with Crippen molar-refractivity contribution in [3.8, 4) is 0 Å². The molecule has 0 aliphatic carbocycles. The van der Waals surface area contributed by atoms with E-state index in [1.807, 2.05) is 6.07 Å². The number of fused-ring (bicyclic) bond motifs is 1. The molecule has 1 amide bonds. The summed E-state index contributed by atoms with van der Waals surface area (Å²) in [6, 6.07) is 8.91. The fourth-order valence-electron chi connectivity index (χ4n) is 2.06. The molecule has 0 bridgehead atoms. The summed E-state index contributed by atoms with van der Waals surface area (Å²) >= 11 is 0. The third-order valence-electron chi connectivity index (χ3n) is 3.11. The third-order valence-corrected chi connectivity index (χ3v) is 3.11. The molecule has 2 aromatic heterocycles. The summed E-state index contributed by atoms with van der Waals surface area (Å²) in [6.45, 7) is 0.494. The molecule has 6 nitrogen and oxygen atoms in total. The van der Waals surface area contributed by atoms with Crippen LogP contribution in [0.15, 0.2) is 51.9 Å². The molecule has 0 spiro atoms. The Hall–Kier alpha value is -2.89. The summed E-state index contributed by atoms with van der Waals surface area (Å²) in [5.41, 5.74) is 2.71. The van der Waals surface area contributed by atoms with Crippen molar-refractivity contribution in [2.75, 3.05) is 6.54 Å². The zero-order valence-electron chi connectivity index (χ0n) is 11.1. The predicted octanol–water partition coefficient (Wildman–Crippen LogP) is 1.49. The van der Waals surface area contributed by atoms with Gasteiger partial charge < -0.3 is 9.73 Å². The molecule has 6 heteroatoms. The molecule has 21 heavy (non-hydrogen) atoms. The maximum atomic E-state index is 11.8. The van der Waals surface area contributed by atoms with Gasteiger partial charge in [-0.15, -0.1) is 0 Å².